The van der Waals surface area contributed by atoms with Crippen LogP contribution >= 0.6 is 0 Å². The first-order valence-corrected chi connectivity index (χ1v) is 37.9. The number of benzene rings is 7. The third kappa shape index (κ3) is 15.6. The van der Waals surface area contributed by atoms with Crippen molar-refractivity contribution in [2.45, 2.75) is 140 Å². The SMILES string of the molecule is Cc1cc2ccccc2cc1C(=O)NCc1ccc(-c2nn(C3CCC(O)CC3)c3ncnc(N)c23)cc1.Nc1ncnc2c1c(-c1ccc(CNC(=O)c3cc4ccccc4cn3)cc1)nn2C1CCC(O)CC1.Nc1ncnc2c1c(-c1ccc(CNC(=O)c3ccc4ccccc4n3)cc1)nn2C1CCC(O)CC1. The fourth-order valence-electron chi connectivity index (χ4n) is 15.4. The average molecular weight is 1490 g/mol. The maximum atomic E-state index is 13.0. The fraction of sp³-hybridized carbons (Fsp3) is 0.256. The van der Waals surface area contributed by atoms with Gasteiger partial charge in [-0.1, -0.05) is 152 Å². The molecular formula is C86H84N20O6. The Kier molecular flexibility index (Phi) is 21.1. The molecule has 112 heavy (non-hydrogen) atoms. The molecule has 8 aromatic heterocycles. The van der Waals surface area contributed by atoms with E-state index in [-0.39, 0.29) is 54.2 Å². The Hall–Kier alpha value is -13.0. The van der Waals surface area contributed by atoms with Crippen molar-refractivity contribution in [2.75, 3.05) is 17.2 Å². The van der Waals surface area contributed by atoms with E-state index in [1.165, 1.54) is 19.0 Å². The van der Waals surface area contributed by atoms with Crippen LogP contribution in [0.3, 0.4) is 0 Å². The number of aryl methyl sites for hydroxylation is 1. The van der Waals surface area contributed by atoms with Crippen LogP contribution in [0, 0.1) is 6.92 Å². The molecule has 0 unspecified atom stereocenters. The van der Waals surface area contributed by atoms with Crippen LogP contribution in [0.1, 0.15) is 149 Å². The number of aliphatic hydroxyl groups excluding tert-OH is 3. The number of aliphatic hydroxyl groups is 3. The summed E-state index contributed by atoms with van der Waals surface area (Å²) >= 11 is 0. The monoisotopic (exact) mass is 1490 g/mol. The highest BCUT2D eigenvalue weighted by Crippen LogP contribution is 2.40. The lowest BCUT2D eigenvalue weighted by Gasteiger charge is -2.25. The highest BCUT2D eigenvalue weighted by Gasteiger charge is 2.30. The van der Waals surface area contributed by atoms with E-state index in [9.17, 15) is 29.7 Å². The summed E-state index contributed by atoms with van der Waals surface area (Å²) in [5.74, 6) is 0.644. The largest absolute Gasteiger partial charge is 0.393 e. The molecule has 0 bridgehead atoms. The van der Waals surface area contributed by atoms with Gasteiger partial charge in [-0.25, -0.2) is 48.9 Å². The third-order valence-corrected chi connectivity index (χ3v) is 21.7. The number of nitrogens with zero attached hydrogens (tertiary/aromatic N) is 14. The van der Waals surface area contributed by atoms with Crippen LogP contribution in [0.25, 0.3) is 99.3 Å². The van der Waals surface area contributed by atoms with Crippen molar-refractivity contribution in [3.8, 4) is 33.8 Å². The van der Waals surface area contributed by atoms with Crippen LogP contribution in [0.4, 0.5) is 17.5 Å². The third-order valence-electron chi connectivity index (χ3n) is 21.7. The van der Waals surface area contributed by atoms with Gasteiger partial charge in [-0.15, -0.1) is 0 Å². The lowest BCUT2D eigenvalue weighted by molar-refractivity contribution is 0.0938. The average Bonchev–Trinajstić information content (AvgIpc) is 1.62. The predicted octanol–water partition coefficient (Wildman–Crippen LogP) is 13.0. The van der Waals surface area contributed by atoms with Crippen LogP contribution in [0.15, 0.2) is 201 Å². The minimum atomic E-state index is -0.248. The molecule has 0 radical (unpaired) electrons. The Labute approximate surface area is 643 Å². The number of para-hydroxylation sites is 1. The Morgan fingerprint density at radius 1 is 0.384 bits per heavy atom. The molecule has 0 atom stereocenters. The Morgan fingerprint density at radius 3 is 1.16 bits per heavy atom. The number of amides is 3. The quantitative estimate of drug-likeness (QED) is 0.0460. The lowest BCUT2D eigenvalue weighted by atomic mass is 9.93. The molecule has 3 fully saturated rings. The van der Waals surface area contributed by atoms with E-state index in [0.717, 1.165) is 187 Å². The molecule has 7 aromatic carbocycles. The van der Waals surface area contributed by atoms with E-state index >= 15 is 0 Å². The molecule has 3 amide bonds. The second-order valence-corrected chi connectivity index (χ2v) is 29.1. The van der Waals surface area contributed by atoms with Crippen LogP contribution < -0.4 is 33.2 Å². The Bertz CT molecular complexity index is 5720. The fourth-order valence-corrected chi connectivity index (χ4v) is 15.4. The number of aromatic nitrogens is 14. The van der Waals surface area contributed by atoms with Crippen LogP contribution in [0.5, 0.6) is 0 Å². The highest BCUT2D eigenvalue weighted by atomic mass is 16.3. The maximum absolute atomic E-state index is 13.0. The van der Waals surface area contributed by atoms with E-state index in [4.69, 9.17) is 32.5 Å². The number of rotatable bonds is 15. The van der Waals surface area contributed by atoms with Gasteiger partial charge in [0.25, 0.3) is 17.7 Å². The number of hydrogen-bond acceptors (Lipinski definition) is 20. The van der Waals surface area contributed by atoms with E-state index in [1.807, 2.05) is 179 Å². The number of anilines is 3. The Balaban J connectivity index is 0.000000127. The molecule has 0 saturated heterocycles. The van der Waals surface area contributed by atoms with E-state index < -0.39 is 0 Å². The number of hydrogen-bond donors (Lipinski definition) is 9. The maximum Gasteiger partial charge on any atom is 0.270 e. The lowest BCUT2D eigenvalue weighted by Crippen LogP contribution is -2.23. The van der Waals surface area contributed by atoms with Crippen molar-refractivity contribution in [2.24, 2.45) is 0 Å². The highest BCUT2D eigenvalue weighted by molar-refractivity contribution is 6.03. The number of pyridine rings is 2. The van der Waals surface area contributed by atoms with Gasteiger partial charge >= 0.3 is 0 Å². The van der Waals surface area contributed by atoms with Crippen LogP contribution in [-0.4, -0.2) is 121 Å². The van der Waals surface area contributed by atoms with Crippen molar-refractivity contribution < 1.29 is 29.7 Å². The summed E-state index contributed by atoms with van der Waals surface area (Å²) in [6.45, 7) is 3.12. The number of carbonyl (C=O) groups is 3. The molecular weight excluding hydrogens is 1410 g/mol. The summed E-state index contributed by atoms with van der Waals surface area (Å²) < 4.78 is 5.84. The van der Waals surface area contributed by atoms with Crippen molar-refractivity contribution in [1.82, 2.24) is 85.2 Å². The number of nitrogens with two attached hydrogens (primary N) is 3. The number of fused-ring (bicyclic) bond motifs is 6. The van der Waals surface area contributed by atoms with Gasteiger partial charge in [0, 0.05) is 58.9 Å². The summed E-state index contributed by atoms with van der Waals surface area (Å²) in [4.78, 5) is 73.2. The van der Waals surface area contributed by atoms with Gasteiger partial charge in [-0.05, 0) is 147 Å². The van der Waals surface area contributed by atoms with Crippen molar-refractivity contribution in [1.29, 1.82) is 0 Å². The minimum Gasteiger partial charge on any atom is -0.393 e. The van der Waals surface area contributed by atoms with Gasteiger partial charge in [-0.3, -0.25) is 19.4 Å². The summed E-state index contributed by atoms with van der Waals surface area (Å²) in [5, 5.41) is 60.8. The molecule has 18 rings (SSSR count). The summed E-state index contributed by atoms with van der Waals surface area (Å²) in [7, 11) is 0. The zero-order valence-corrected chi connectivity index (χ0v) is 61.7. The zero-order valence-electron chi connectivity index (χ0n) is 61.7. The number of nitrogen functional groups attached to an aromatic ring is 3. The molecule has 15 aromatic rings. The van der Waals surface area contributed by atoms with Crippen molar-refractivity contribution in [3.63, 3.8) is 0 Å². The first-order chi connectivity index (χ1) is 54.6. The van der Waals surface area contributed by atoms with Gasteiger partial charge in [0.1, 0.15) is 64.9 Å². The first kappa shape index (κ1) is 73.1. The van der Waals surface area contributed by atoms with Gasteiger partial charge in [0.2, 0.25) is 0 Å². The first-order valence-electron chi connectivity index (χ1n) is 37.9. The normalized spacial score (nSPS) is 17.7. The Morgan fingerprint density at radius 2 is 0.741 bits per heavy atom. The molecule has 564 valence electrons. The van der Waals surface area contributed by atoms with Crippen molar-refractivity contribution in [3.05, 3.63) is 240 Å². The molecule has 26 heteroatoms. The molecule has 3 aliphatic carbocycles. The van der Waals surface area contributed by atoms with E-state index in [1.54, 1.807) is 18.3 Å². The molecule has 3 saturated carbocycles. The zero-order chi connectivity index (χ0) is 76.9. The number of carbonyl (C=O) groups excluding carboxylic acids is 3. The standard InChI is InChI=1S/C30H30N6O2.2C28H27N7O2/c1-18-14-21-4-2-3-5-22(21)15-25(18)30(38)32-16-19-6-8-20(9-7-19)27-26-28(31)33-17-34-29(26)36(35-27)23-10-12-24(37)13-11-23;29-26-24-25(34-35(27(24)32-16-31-26)20-10-12-21(36)13-11-20)19-7-5-17(6-8-19)15-30-28(37)23-14-9-18-3-1-2-4-22(18)33-23;29-26-24-25(34-35(27(24)33-16-32-26)21-9-11-22(36)12-10-21)18-7-5-17(6-8-18)14-31-28(37)23-13-19-3-1-2-4-20(19)15-30-23/h2-9,14-15,17,23-24,37H,10-13,16H2,1H3,(H,32,38)(H2,31,33,34);1-9,14,16,20-21,36H,10-13,15H2,(H,30,37)(H2,29,31,32);1-8,13,15-16,21-22,36H,9-12,14H2,(H,31,37)(H2,29,32,33). The predicted molar refractivity (Wildman–Crippen MR) is 432 cm³/mol. The smallest absolute Gasteiger partial charge is 0.270 e. The van der Waals surface area contributed by atoms with E-state index in [0.29, 0.717) is 65.3 Å². The molecule has 3 aliphatic rings. The summed E-state index contributed by atoms with van der Waals surface area (Å²) in [6, 6.07) is 57.2. The van der Waals surface area contributed by atoms with Gasteiger partial charge in [0.15, 0.2) is 16.9 Å². The molecule has 0 spiro atoms. The van der Waals surface area contributed by atoms with Crippen LogP contribution in [-0.2, 0) is 19.6 Å². The minimum absolute atomic E-state index is 0.0930. The van der Waals surface area contributed by atoms with Gasteiger partial charge in [0.05, 0.1) is 58.1 Å². The summed E-state index contributed by atoms with van der Waals surface area (Å²) in [6.07, 6.45) is 14.9. The number of nitrogens with one attached hydrogen (secondary N) is 3. The van der Waals surface area contributed by atoms with E-state index in [2.05, 4.69) is 61.9 Å². The molecule has 0 aliphatic heterocycles. The molecule has 12 N–H and O–H groups in total. The second-order valence-electron chi connectivity index (χ2n) is 29.1. The second kappa shape index (κ2) is 32.3. The topological polar surface area (TPSA) is 383 Å². The molecule has 26 nitrogen and oxygen atoms in total. The van der Waals surface area contributed by atoms with Gasteiger partial charge < -0.3 is 48.5 Å². The van der Waals surface area contributed by atoms with Crippen molar-refractivity contribution >= 4 is 101 Å². The molecule has 8 heterocycles. The van der Waals surface area contributed by atoms with Gasteiger partial charge in [-0.2, -0.15) is 15.3 Å². The summed E-state index contributed by atoms with van der Waals surface area (Å²) in [5.41, 5.74) is 31.9. The van der Waals surface area contributed by atoms with Crippen LogP contribution in [0.2, 0.25) is 0 Å².